The van der Waals surface area contributed by atoms with E-state index in [1.54, 1.807) is 0 Å². The fourth-order valence-corrected chi connectivity index (χ4v) is 5.95. The summed E-state index contributed by atoms with van der Waals surface area (Å²) < 4.78 is 53.5. The molecule has 0 aromatic carbocycles. The summed E-state index contributed by atoms with van der Waals surface area (Å²) in [6, 6.07) is 0. The highest BCUT2D eigenvalue weighted by molar-refractivity contribution is 7.85. The fraction of sp³-hybridized carbons (Fsp3) is 0.882. The molecule has 4 N–H and O–H groups in total. The van der Waals surface area contributed by atoms with Crippen LogP contribution in [-0.4, -0.2) is 96.0 Å². The third-order valence-electron chi connectivity index (χ3n) is 8.10. The van der Waals surface area contributed by atoms with E-state index in [9.17, 15) is 33.3 Å². The number of unbranched alkanes of at least 4 members (excludes halogenated alkanes) is 14. The number of allylic oxidation sites excluding steroid dienone is 2. The maximum Gasteiger partial charge on any atom is 0.306 e. The smallest absolute Gasteiger partial charge is 0.306 e. The number of esters is 2. The molecule has 0 aliphatic carbocycles. The summed E-state index contributed by atoms with van der Waals surface area (Å²) in [5.41, 5.74) is 0. The lowest BCUT2D eigenvalue weighted by Gasteiger charge is -2.40. The fourth-order valence-electron chi connectivity index (χ4n) is 5.26. The predicted octanol–water partition coefficient (Wildman–Crippen LogP) is 5.16. The summed E-state index contributed by atoms with van der Waals surface area (Å²) in [6.07, 6.45) is 13.1. The van der Waals surface area contributed by atoms with Crippen LogP contribution >= 0.6 is 0 Å². The lowest BCUT2D eigenvalue weighted by Crippen LogP contribution is -2.60. The number of hydrogen-bond donors (Lipinski definition) is 4. The van der Waals surface area contributed by atoms with Crippen molar-refractivity contribution in [2.24, 2.45) is 0 Å². The van der Waals surface area contributed by atoms with Gasteiger partial charge in [-0.1, -0.05) is 96.6 Å². The minimum absolute atomic E-state index is 0.163. The van der Waals surface area contributed by atoms with Crippen LogP contribution < -0.4 is 0 Å². The minimum Gasteiger partial charge on any atom is -0.462 e. The van der Waals surface area contributed by atoms with Crippen molar-refractivity contribution < 1.29 is 56.8 Å². The molecule has 0 radical (unpaired) electrons. The summed E-state index contributed by atoms with van der Waals surface area (Å²) in [6.45, 7) is 3.62. The van der Waals surface area contributed by atoms with Crippen molar-refractivity contribution in [1.29, 1.82) is 0 Å². The lowest BCUT2D eigenvalue weighted by atomic mass is 10.00. The first-order valence-electron chi connectivity index (χ1n) is 17.7. The van der Waals surface area contributed by atoms with E-state index in [1.807, 2.05) is 0 Å². The molecular weight excluding hydrogens is 632 g/mol. The third kappa shape index (κ3) is 21.9. The van der Waals surface area contributed by atoms with Crippen LogP contribution in [0, 0.1) is 0 Å². The van der Waals surface area contributed by atoms with Crippen LogP contribution in [0.15, 0.2) is 12.2 Å². The van der Waals surface area contributed by atoms with Gasteiger partial charge in [-0.15, -0.1) is 0 Å². The second-order valence-corrected chi connectivity index (χ2v) is 14.0. The molecule has 47 heavy (non-hydrogen) atoms. The van der Waals surface area contributed by atoms with Gasteiger partial charge in [-0.3, -0.25) is 14.1 Å². The molecular formula is C34H62O12S. The number of aliphatic hydroxyl groups is 3. The SMILES string of the molecule is CCCCC/C=C/CCCCCCCC(=O)OC[C@H](CO[C@@H]1O[C@@H](CS(=O)(=O)O)[C@H](O)C(O)C1O)OC(=O)CCCCCCCCC. The Kier molecular flexibility index (Phi) is 24.3. The van der Waals surface area contributed by atoms with E-state index in [4.69, 9.17) is 23.5 Å². The first-order chi connectivity index (χ1) is 22.5. The highest BCUT2D eigenvalue weighted by Gasteiger charge is 2.46. The number of rotatable bonds is 28. The van der Waals surface area contributed by atoms with Crippen LogP contribution in [0.5, 0.6) is 0 Å². The van der Waals surface area contributed by atoms with Gasteiger partial charge >= 0.3 is 11.9 Å². The van der Waals surface area contributed by atoms with Gasteiger partial charge in [-0.25, -0.2) is 0 Å². The van der Waals surface area contributed by atoms with E-state index in [0.29, 0.717) is 12.8 Å². The Hall–Kier alpha value is -1.61. The Morgan fingerprint density at radius 3 is 1.81 bits per heavy atom. The van der Waals surface area contributed by atoms with Crippen LogP contribution in [0.2, 0.25) is 0 Å². The summed E-state index contributed by atoms with van der Waals surface area (Å²) in [4.78, 5) is 25.0. The molecule has 0 bridgehead atoms. The van der Waals surface area contributed by atoms with Gasteiger partial charge in [0.2, 0.25) is 0 Å². The molecule has 276 valence electrons. The Morgan fingerprint density at radius 2 is 1.21 bits per heavy atom. The summed E-state index contributed by atoms with van der Waals surface area (Å²) >= 11 is 0. The first kappa shape index (κ1) is 43.4. The van der Waals surface area contributed by atoms with Crippen molar-refractivity contribution >= 4 is 22.1 Å². The molecule has 1 aliphatic heterocycles. The Labute approximate surface area is 282 Å². The second kappa shape index (κ2) is 26.3. The maximum atomic E-state index is 12.6. The standard InChI is InChI=1S/C34H62O12S/c1-3-5-7-9-11-12-13-14-15-17-18-20-22-29(35)43-24-27(45-30(36)23-21-19-16-10-8-6-4-2)25-44-34-33(39)32(38)31(37)28(46-34)26-47(40,41)42/h11-12,27-28,31-34,37-39H,3-10,13-26H2,1-2H3,(H,40,41,42)/b12-11+/t27-,28+,31+,32?,33?,34-/m1/s1. The summed E-state index contributed by atoms with van der Waals surface area (Å²) in [7, 11) is -4.59. The molecule has 0 amide bonds. The molecule has 1 heterocycles. The van der Waals surface area contributed by atoms with Gasteiger partial charge in [0.05, 0.1) is 6.61 Å². The normalized spacial score (nSPS) is 22.4. The quantitative estimate of drug-likeness (QED) is 0.0365. The van der Waals surface area contributed by atoms with Gasteiger partial charge in [0, 0.05) is 12.8 Å². The molecule has 1 fully saturated rings. The molecule has 1 saturated heterocycles. The van der Waals surface area contributed by atoms with Crippen LogP contribution in [0.3, 0.4) is 0 Å². The van der Waals surface area contributed by atoms with Crippen molar-refractivity contribution in [3.63, 3.8) is 0 Å². The van der Waals surface area contributed by atoms with Gasteiger partial charge in [0.1, 0.15) is 36.8 Å². The van der Waals surface area contributed by atoms with Gasteiger partial charge in [0.25, 0.3) is 10.1 Å². The van der Waals surface area contributed by atoms with Crippen LogP contribution in [-0.2, 0) is 38.7 Å². The second-order valence-electron chi connectivity index (χ2n) is 12.5. The highest BCUT2D eigenvalue weighted by Crippen LogP contribution is 2.24. The minimum atomic E-state index is -4.59. The topological polar surface area (TPSA) is 186 Å². The molecule has 2 unspecified atom stereocenters. The lowest BCUT2D eigenvalue weighted by molar-refractivity contribution is -0.297. The number of carbonyl (C=O) groups excluding carboxylic acids is 2. The monoisotopic (exact) mass is 694 g/mol. The number of carbonyl (C=O) groups is 2. The number of ether oxygens (including phenoxy) is 4. The van der Waals surface area contributed by atoms with Crippen molar-refractivity contribution in [2.45, 2.75) is 173 Å². The Balaban J connectivity index is 2.55. The Morgan fingerprint density at radius 1 is 0.702 bits per heavy atom. The van der Waals surface area contributed by atoms with E-state index in [0.717, 1.165) is 70.6 Å². The Bertz CT molecular complexity index is 957. The molecule has 0 aromatic heterocycles. The van der Waals surface area contributed by atoms with Crippen molar-refractivity contribution in [3.8, 4) is 0 Å². The highest BCUT2D eigenvalue weighted by atomic mass is 32.2. The first-order valence-corrected chi connectivity index (χ1v) is 19.4. The van der Waals surface area contributed by atoms with E-state index >= 15 is 0 Å². The number of hydrogen-bond acceptors (Lipinski definition) is 11. The van der Waals surface area contributed by atoms with Gasteiger partial charge < -0.3 is 34.3 Å². The van der Waals surface area contributed by atoms with Crippen molar-refractivity contribution in [1.82, 2.24) is 0 Å². The average Bonchev–Trinajstić information content (AvgIpc) is 3.02. The summed E-state index contributed by atoms with van der Waals surface area (Å²) in [5, 5.41) is 30.6. The zero-order valence-corrected chi connectivity index (χ0v) is 29.5. The molecule has 1 rings (SSSR count). The largest absolute Gasteiger partial charge is 0.462 e. The van der Waals surface area contributed by atoms with Gasteiger partial charge in [-0.2, -0.15) is 8.42 Å². The van der Waals surface area contributed by atoms with E-state index in [-0.39, 0.29) is 19.4 Å². The molecule has 0 spiro atoms. The van der Waals surface area contributed by atoms with Crippen LogP contribution in [0.1, 0.15) is 136 Å². The molecule has 13 heteroatoms. The van der Waals surface area contributed by atoms with Crippen LogP contribution in [0.25, 0.3) is 0 Å². The number of aliphatic hydroxyl groups excluding tert-OH is 3. The zero-order chi connectivity index (χ0) is 34.9. The maximum absolute atomic E-state index is 12.6. The van der Waals surface area contributed by atoms with E-state index < -0.39 is 71.2 Å². The third-order valence-corrected chi connectivity index (χ3v) is 8.85. The zero-order valence-electron chi connectivity index (χ0n) is 28.6. The summed E-state index contributed by atoms with van der Waals surface area (Å²) in [5.74, 6) is -2.00. The molecule has 0 saturated carbocycles. The van der Waals surface area contributed by atoms with Gasteiger partial charge in [-0.05, 0) is 38.5 Å². The van der Waals surface area contributed by atoms with E-state index in [1.165, 1.54) is 25.7 Å². The molecule has 0 aromatic rings. The molecule has 12 nitrogen and oxygen atoms in total. The van der Waals surface area contributed by atoms with Crippen molar-refractivity contribution in [2.75, 3.05) is 19.0 Å². The molecule has 1 aliphatic rings. The average molecular weight is 695 g/mol. The van der Waals surface area contributed by atoms with E-state index in [2.05, 4.69) is 26.0 Å². The van der Waals surface area contributed by atoms with Crippen molar-refractivity contribution in [3.05, 3.63) is 12.2 Å². The van der Waals surface area contributed by atoms with Crippen LogP contribution in [0.4, 0.5) is 0 Å². The predicted molar refractivity (Wildman–Crippen MR) is 178 cm³/mol. The van der Waals surface area contributed by atoms with Gasteiger partial charge in [0.15, 0.2) is 12.4 Å². The molecule has 6 atom stereocenters.